The Kier molecular flexibility index (Phi) is 13.6. The molecule has 4 aromatic rings. The highest BCUT2D eigenvalue weighted by molar-refractivity contribution is 5.92. The van der Waals surface area contributed by atoms with Gasteiger partial charge in [0.05, 0.1) is 36.8 Å². The van der Waals surface area contributed by atoms with Crippen LogP contribution in [0.15, 0.2) is 107 Å². The lowest BCUT2D eigenvalue weighted by atomic mass is 10.2. The van der Waals surface area contributed by atoms with Crippen LogP contribution in [0.3, 0.4) is 0 Å². The number of hydrogen-bond donors (Lipinski definition) is 2. The molecule has 0 heterocycles. The lowest BCUT2D eigenvalue weighted by Crippen LogP contribution is -2.20. The normalized spacial score (nSPS) is 10.8. The first-order valence-corrected chi connectivity index (χ1v) is 15.6. The first kappa shape index (κ1) is 35.6. The zero-order chi connectivity index (χ0) is 34.8. The van der Waals surface area contributed by atoms with Crippen molar-refractivity contribution in [3.05, 3.63) is 119 Å². The molecule has 12 nitrogen and oxygen atoms in total. The molecule has 0 unspecified atom stereocenters. The average Bonchev–Trinajstić information content (AvgIpc) is 3.11. The topological polar surface area (TPSA) is 154 Å². The summed E-state index contributed by atoms with van der Waals surface area (Å²) in [5, 5.41) is 7.94. The number of hydrazone groups is 2. The number of nitrogens with one attached hydrogen (secondary N) is 2. The van der Waals surface area contributed by atoms with Crippen molar-refractivity contribution in [3.8, 4) is 23.0 Å². The van der Waals surface area contributed by atoms with E-state index in [-0.39, 0.29) is 42.6 Å². The van der Waals surface area contributed by atoms with Crippen LogP contribution in [0.1, 0.15) is 65.0 Å². The number of hydrogen-bond acceptors (Lipinski definition) is 10. The van der Waals surface area contributed by atoms with E-state index in [4.69, 9.17) is 18.9 Å². The summed E-state index contributed by atoms with van der Waals surface area (Å²) >= 11 is 0. The molecule has 0 spiro atoms. The summed E-state index contributed by atoms with van der Waals surface area (Å²) in [5.41, 5.74) is 6.90. The summed E-state index contributed by atoms with van der Waals surface area (Å²) in [5.74, 6) is -0.545. The first-order chi connectivity index (χ1) is 23.9. The van der Waals surface area contributed by atoms with Gasteiger partial charge in [-0.1, -0.05) is 36.4 Å². The third-order valence-corrected chi connectivity index (χ3v) is 6.57. The van der Waals surface area contributed by atoms with Crippen molar-refractivity contribution in [1.29, 1.82) is 0 Å². The highest BCUT2D eigenvalue weighted by Crippen LogP contribution is 2.30. The minimum absolute atomic E-state index is 0.0634. The monoisotopic (exact) mass is 664 g/mol. The van der Waals surface area contributed by atoms with Gasteiger partial charge in [-0.05, 0) is 92.1 Å². The molecule has 0 aromatic heterocycles. The van der Waals surface area contributed by atoms with Gasteiger partial charge in [-0.15, -0.1) is 0 Å². The maximum atomic E-state index is 12.4. The largest absolute Gasteiger partial charge is 0.490 e. The van der Waals surface area contributed by atoms with Gasteiger partial charge in [0, 0.05) is 12.8 Å². The Labute approximate surface area is 283 Å². The Morgan fingerprint density at radius 3 is 1.37 bits per heavy atom. The van der Waals surface area contributed by atoms with Gasteiger partial charge < -0.3 is 18.9 Å². The van der Waals surface area contributed by atoms with E-state index in [1.54, 1.807) is 97.1 Å². The van der Waals surface area contributed by atoms with Crippen LogP contribution in [0.2, 0.25) is 0 Å². The fourth-order valence-electron chi connectivity index (χ4n) is 4.26. The van der Waals surface area contributed by atoms with Crippen LogP contribution in [0, 0.1) is 0 Å². The molecule has 0 saturated carbocycles. The minimum atomic E-state index is -0.512. The number of nitrogens with zero attached hydrogens (tertiary/aromatic N) is 2. The molecular formula is C37H36N4O8. The minimum Gasteiger partial charge on any atom is -0.490 e. The van der Waals surface area contributed by atoms with Gasteiger partial charge in [0.25, 0.3) is 0 Å². The van der Waals surface area contributed by atoms with Gasteiger partial charge >= 0.3 is 11.9 Å². The molecule has 12 heteroatoms. The van der Waals surface area contributed by atoms with Gasteiger partial charge in [0.15, 0.2) is 23.0 Å². The zero-order valence-corrected chi connectivity index (χ0v) is 27.1. The number of ether oxygens (including phenoxy) is 4. The Morgan fingerprint density at radius 1 is 0.571 bits per heavy atom. The van der Waals surface area contributed by atoms with Crippen molar-refractivity contribution in [2.75, 3.05) is 13.2 Å². The summed E-state index contributed by atoms with van der Waals surface area (Å²) in [4.78, 5) is 49.4. The van der Waals surface area contributed by atoms with Crippen molar-refractivity contribution in [2.45, 2.75) is 33.1 Å². The number of carbonyl (C=O) groups is 4. The summed E-state index contributed by atoms with van der Waals surface area (Å²) in [6.07, 6.45) is 3.26. The second-order valence-corrected chi connectivity index (χ2v) is 10.2. The third kappa shape index (κ3) is 11.5. The second-order valence-electron chi connectivity index (χ2n) is 10.2. The second kappa shape index (κ2) is 18.7. The van der Waals surface area contributed by atoms with E-state index >= 15 is 0 Å². The number of benzene rings is 4. The Hall–Kier alpha value is -6.30. The number of rotatable bonds is 16. The van der Waals surface area contributed by atoms with Crippen molar-refractivity contribution in [3.63, 3.8) is 0 Å². The summed E-state index contributed by atoms with van der Waals surface area (Å²) < 4.78 is 22.2. The van der Waals surface area contributed by atoms with E-state index in [0.717, 1.165) is 0 Å². The zero-order valence-electron chi connectivity index (χ0n) is 27.1. The molecule has 0 aliphatic carbocycles. The van der Waals surface area contributed by atoms with E-state index in [1.807, 2.05) is 13.8 Å². The van der Waals surface area contributed by atoms with Crippen molar-refractivity contribution in [1.82, 2.24) is 10.9 Å². The fourth-order valence-corrected chi connectivity index (χ4v) is 4.26. The quantitative estimate of drug-likeness (QED) is 0.0670. The fraction of sp³-hybridized carbons (Fsp3) is 0.189. The molecule has 4 rings (SSSR count). The van der Waals surface area contributed by atoms with Gasteiger partial charge in [-0.2, -0.15) is 10.2 Å². The summed E-state index contributed by atoms with van der Waals surface area (Å²) in [6, 6.07) is 27.0. The number of esters is 2. The molecule has 4 aromatic carbocycles. The Balaban J connectivity index is 1.20. The molecule has 0 bridgehead atoms. The number of carbonyl (C=O) groups excluding carboxylic acids is 4. The van der Waals surface area contributed by atoms with Gasteiger partial charge in [0.1, 0.15) is 0 Å². The smallest absolute Gasteiger partial charge is 0.343 e. The average molecular weight is 665 g/mol. The molecule has 2 amide bonds. The molecule has 0 aliphatic rings. The van der Waals surface area contributed by atoms with Crippen LogP contribution in [0.25, 0.3) is 0 Å². The molecule has 0 atom stereocenters. The summed E-state index contributed by atoms with van der Waals surface area (Å²) in [7, 11) is 0. The predicted molar refractivity (Wildman–Crippen MR) is 183 cm³/mol. The van der Waals surface area contributed by atoms with E-state index in [9.17, 15) is 19.2 Å². The molecule has 0 fully saturated rings. The van der Waals surface area contributed by atoms with Crippen molar-refractivity contribution in [2.24, 2.45) is 10.2 Å². The standard InChI is InChI=1S/C37H36N4O8/c1-3-46-32-22-26(18-20-30(32)48-36(44)28-12-7-5-8-13-28)24-38-40-34(42)16-11-17-35(43)41-39-25-27-19-21-31(33(23-27)47-4-2)49-37(45)29-14-9-6-10-15-29/h5-10,12-15,18-25H,3-4,11,16-17H2,1-2H3,(H,40,42)(H,41,43). The molecule has 0 aliphatic heterocycles. The highest BCUT2D eigenvalue weighted by atomic mass is 16.6. The lowest BCUT2D eigenvalue weighted by molar-refractivity contribution is -0.122. The predicted octanol–water partition coefficient (Wildman–Crippen LogP) is 5.69. The van der Waals surface area contributed by atoms with Crippen LogP contribution >= 0.6 is 0 Å². The molecule has 252 valence electrons. The van der Waals surface area contributed by atoms with E-state index in [2.05, 4.69) is 21.1 Å². The Bertz CT molecular complexity index is 1660. The Morgan fingerprint density at radius 2 is 0.980 bits per heavy atom. The van der Waals surface area contributed by atoms with Crippen LogP contribution < -0.4 is 29.8 Å². The maximum absolute atomic E-state index is 12.4. The van der Waals surface area contributed by atoms with E-state index in [1.165, 1.54) is 12.4 Å². The van der Waals surface area contributed by atoms with Crippen molar-refractivity contribution < 1.29 is 38.1 Å². The molecule has 2 N–H and O–H groups in total. The van der Waals surface area contributed by atoms with Gasteiger partial charge in [0.2, 0.25) is 11.8 Å². The van der Waals surface area contributed by atoms with Gasteiger partial charge in [-0.25, -0.2) is 20.4 Å². The first-order valence-electron chi connectivity index (χ1n) is 15.6. The molecule has 0 saturated heterocycles. The molecular weight excluding hydrogens is 628 g/mol. The van der Waals surface area contributed by atoms with Crippen LogP contribution in [-0.4, -0.2) is 49.4 Å². The molecule has 0 radical (unpaired) electrons. The van der Waals surface area contributed by atoms with Crippen LogP contribution in [-0.2, 0) is 9.59 Å². The lowest BCUT2D eigenvalue weighted by Gasteiger charge is -2.11. The van der Waals surface area contributed by atoms with Crippen LogP contribution in [0.5, 0.6) is 23.0 Å². The molecule has 49 heavy (non-hydrogen) atoms. The SMILES string of the molecule is CCOc1cc(C=NNC(=O)CCCC(=O)NN=Cc2ccc(OC(=O)c3ccccc3)c(OCC)c2)ccc1OC(=O)c1ccccc1. The number of amides is 2. The van der Waals surface area contributed by atoms with E-state index < -0.39 is 11.9 Å². The summed E-state index contributed by atoms with van der Waals surface area (Å²) in [6.45, 7) is 4.31. The maximum Gasteiger partial charge on any atom is 0.343 e. The van der Waals surface area contributed by atoms with Crippen molar-refractivity contribution >= 4 is 36.2 Å². The van der Waals surface area contributed by atoms with Gasteiger partial charge in [-0.3, -0.25) is 9.59 Å². The van der Waals surface area contributed by atoms with E-state index in [0.29, 0.717) is 47.0 Å². The van der Waals surface area contributed by atoms with Crippen LogP contribution in [0.4, 0.5) is 0 Å². The third-order valence-electron chi connectivity index (χ3n) is 6.57. The highest BCUT2D eigenvalue weighted by Gasteiger charge is 2.14.